The maximum Gasteiger partial charge on any atom is 0.133 e. The topological polar surface area (TPSA) is 62.2 Å². The van der Waals surface area contributed by atoms with Crippen LogP contribution in [-0.4, -0.2) is 53.7 Å². The van der Waals surface area contributed by atoms with Crippen molar-refractivity contribution in [2.75, 3.05) is 38.6 Å². The van der Waals surface area contributed by atoms with Crippen molar-refractivity contribution >= 4 is 11.8 Å². The molecule has 3 aromatic carbocycles. The van der Waals surface area contributed by atoms with Crippen LogP contribution in [-0.2, 0) is 0 Å². The molecule has 5 nitrogen and oxygen atoms in total. The van der Waals surface area contributed by atoms with Crippen LogP contribution in [0.15, 0.2) is 83.8 Å². The van der Waals surface area contributed by atoms with E-state index in [9.17, 15) is 0 Å². The Morgan fingerprint density at radius 3 is 2.19 bits per heavy atom. The monoisotopic (exact) mass is 453 g/mol. The molecule has 2 N–H and O–H groups in total. The Labute approximate surface area is 194 Å². The zero-order valence-corrected chi connectivity index (χ0v) is 19.0. The molecule has 2 aliphatic heterocycles. The molecule has 3 aromatic rings. The SMILES string of the molecule is Oc1ccc2c(c1)SCCO2.Oc1ccccc1.c1ccc(OCCN2CCCC2)cc1. The summed E-state index contributed by atoms with van der Waals surface area (Å²) in [4.78, 5) is 3.50. The van der Waals surface area contributed by atoms with E-state index in [2.05, 4.69) is 4.90 Å². The third kappa shape index (κ3) is 8.73. The van der Waals surface area contributed by atoms with E-state index in [0.29, 0.717) is 11.5 Å². The minimum absolute atomic E-state index is 0.307. The number of phenols is 2. The van der Waals surface area contributed by atoms with Gasteiger partial charge in [0.25, 0.3) is 0 Å². The predicted octanol–water partition coefficient (Wildman–Crippen LogP) is 5.43. The van der Waals surface area contributed by atoms with E-state index in [1.54, 1.807) is 54.2 Å². The highest BCUT2D eigenvalue weighted by Crippen LogP contribution is 2.35. The fourth-order valence-electron chi connectivity index (χ4n) is 3.28. The second-order valence-electron chi connectivity index (χ2n) is 7.37. The van der Waals surface area contributed by atoms with Crippen LogP contribution >= 0.6 is 11.8 Å². The van der Waals surface area contributed by atoms with Gasteiger partial charge in [-0.25, -0.2) is 0 Å². The fraction of sp³-hybridized carbons (Fsp3) is 0.308. The van der Waals surface area contributed by atoms with E-state index >= 15 is 0 Å². The number of thioether (sulfide) groups is 1. The van der Waals surface area contributed by atoms with Crippen molar-refractivity contribution in [3.8, 4) is 23.0 Å². The Balaban J connectivity index is 0.000000143. The minimum atomic E-state index is 0.307. The molecule has 0 radical (unpaired) electrons. The average Bonchev–Trinajstić information content (AvgIpc) is 3.35. The number of phenolic OH excluding ortho intramolecular Hbond substituents is 2. The highest BCUT2D eigenvalue weighted by atomic mass is 32.2. The summed E-state index contributed by atoms with van der Waals surface area (Å²) < 4.78 is 11.0. The first kappa shape index (κ1) is 23.8. The van der Waals surface area contributed by atoms with E-state index in [-0.39, 0.29) is 0 Å². The van der Waals surface area contributed by atoms with Gasteiger partial charge < -0.3 is 19.7 Å². The zero-order chi connectivity index (χ0) is 22.4. The standard InChI is InChI=1S/C12H17NO.C8H8O2S.C6H6O/c1-2-6-12(7-3-1)14-11-10-13-8-4-5-9-13;9-6-1-2-7-8(5-6)11-4-3-10-7;7-6-4-2-1-3-5-6/h1-3,6-7H,4-5,8-11H2;1-2,5,9H,3-4H2;1-5,7H. The van der Waals surface area contributed by atoms with Gasteiger partial charge in [-0.15, -0.1) is 11.8 Å². The third-order valence-electron chi connectivity index (χ3n) is 4.90. The van der Waals surface area contributed by atoms with E-state index in [1.165, 1.54) is 25.9 Å². The molecular weight excluding hydrogens is 422 g/mol. The van der Waals surface area contributed by atoms with Gasteiger partial charge in [-0.1, -0.05) is 36.4 Å². The van der Waals surface area contributed by atoms with E-state index in [0.717, 1.165) is 41.9 Å². The molecule has 1 saturated heterocycles. The molecule has 32 heavy (non-hydrogen) atoms. The van der Waals surface area contributed by atoms with Crippen molar-refractivity contribution in [2.24, 2.45) is 0 Å². The average molecular weight is 454 g/mol. The molecule has 2 heterocycles. The number of rotatable bonds is 4. The maximum atomic E-state index is 9.12. The number of hydrogen-bond donors (Lipinski definition) is 2. The van der Waals surface area contributed by atoms with Crippen LogP contribution in [0, 0.1) is 0 Å². The Kier molecular flexibility index (Phi) is 10.1. The number of aromatic hydroxyl groups is 2. The van der Waals surface area contributed by atoms with E-state index in [4.69, 9.17) is 19.7 Å². The van der Waals surface area contributed by atoms with Crippen molar-refractivity contribution < 1.29 is 19.7 Å². The Morgan fingerprint density at radius 2 is 1.53 bits per heavy atom. The molecule has 0 atom stereocenters. The van der Waals surface area contributed by atoms with Crippen LogP contribution in [0.2, 0.25) is 0 Å². The maximum absolute atomic E-state index is 9.12. The lowest BCUT2D eigenvalue weighted by Crippen LogP contribution is -2.25. The molecule has 6 heteroatoms. The molecule has 0 amide bonds. The Morgan fingerprint density at radius 1 is 0.844 bits per heavy atom. The van der Waals surface area contributed by atoms with Crippen LogP contribution in [0.5, 0.6) is 23.0 Å². The summed E-state index contributed by atoms with van der Waals surface area (Å²) in [6.07, 6.45) is 2.71. The molecule has 5 rings (SSSR count). The molecular formula is C26H31NO4S. The van der Waals surface area contributed by atoms with E-state index < -0.39 is 0 Å². The zero-order valence-electron chi connectivity index (χ0n) is 18.2. The fourth-order valence-corrected chi connectivity index (χ4v) is 4.14. The van der Waals surface area contributed by atoms with Crippen molar-refractivity contribution in [3.63, 3.8) is 0 Å². The largest absolute Gasteiger partial charge is 0.508 e. The number of nitrogens with zero attached hydrogens (tertiary/aromatic N) is 1. The predicted molar refractivity (Wildman–Crippen MR) is 130 cm³/mol. The lowest BCUT2D eigenvalue weighted by atomic mass is 10.3. The molecule has 1 fully saturated rings. The number of ether oxygens (including phenoxy) is 2. The van der Waals surface area contributed by atoms with Crippen LogP contribution in [0.4, 0.5) is 0 Å². The van der Waals surface area contributed by atoms with Crippen LogP contribution in [0.1, 0.15) is 12.8 Å². The van der Waals surface area contributed by atoms with Crippen molar-refractivity contribution in [1.29, 1.82) is 0 Å². The summed E-state index contributed by atoms with van der Waals surface area (Å²) in [5, 5.41) is 17.8. The highest BCUT2D eigenvalue weighted by molar-refractivity contribution is 7.99. The van der Waals surface area contributed by atoms with Gasteiger partial charge in [0, 0.05) is 12.3 Å². The second-order valence-corrected chi connectivity index (χ2v) is 8.51. The molecule has 2 aliphatic rings. The van der Waals surface area contributed by atoms with Gasteiger partial charge in [0.1, 0.15) is 29.6 Å². The highest BCUT2D eigenvalue weighted by Gasteiger charge is 2.11. The third-order valence-corrected chi connectivity index (χ3v) is 5.90. The van der Waals surface area contributed by atoms with E-state index in [1.807, 2.05) is 36.4 Å². The molecule has 0 unspecified atom stereocenters. The second kappa shape index (κ2) is 13.6. The van der Waals surface area contributed by atoms with Gasteiger partial charge in [0.2, 0.25) is 0 Å². The molecule has 0 saturated carbocycles. The van der Waals surface area contributed by atoms with Gasteiger partial charge >= 0.3 is 0 Å². The number of para-hydroxylation sites is 2. The van der Waals surface area contributed by atoms with Gasteiger partial charge in [-0.3, -0.25) is 4.90 Å². The first-order chi connectivity index (χ1) is 15.7. The quantitative estimate of drug-likeness (QED) is 0.549. The summed E-state index contributed by atoms with van der Waals surface area (Å²) in [7, 11) is 0. The van der Waals surface area contributed by atoms with Gasteiger partial charge in [0.15, 0.2) is 0 Å². The summed E-state index contributed by atoms with van der Waals surface area (Å²) in [5.41, 5.74) is 0. The number of benzene rings is 3. The first-order valence-corrected chi connectivity index (χ1v) is 11.9. The van der Waals surface area contributed by atoms with Crippen molar-refractivity contribution in [3.05, 3.63) is 78.9 Å². The summed E-state index contributed by atoms with van der Waals surface area (Å²) in [6, 6.07) is 23.9. The molecule has 0 bridgehead atoms. The Bertz CT molecular complexity index is 902. The van der Waals surface area contributed by atoms with Crippen LogP contribution in [0.3, 0.4) is 0 Å². The molecule has 0 spiro atoms. The summed E-state index contributed by atoms with van der Waals surface area (Å²) in [5.74, 6) is 3.46. The summed E-state index contributed by atoms with van der Waals surface area (Å²) in [6.45, 7) is 5.14. The number of fused-ring (bicyclic) bond motifs is 1. The number of hydrogen-bond acceptors (Lipinski definition) is 6. The minimum Gasteiger partial charge on any atom is -0.508 e. The smallest absolute Gasteiger partial charge is 0.133 e. The molecule has 0 aliphatic carbocycles. The molecule has 170 valence electrons. The first-order valence-electron chi connectivity index (χ1n) is 10.9. The summed E-state index contributed by atoms with van der Waals surface area (Å²) >= 11 is 1.72. The van der Waals surface area contributed by atoms with Crippen molar-refractivity contribution in [1.82, 2.24) is 4.90 Å². The lowest BCUT2D eigenvalue weighted by molar-refractivity contribution is 0.238. The van der Waals surface area contributed by atoms with Gasteiger partial charge in [-0.2, -0.15) is 0 Å². The lowest BCUT2D eigenvalue weighted by Gasteiger charge is -2.15. The normalized spacial score (nSPS) is 14.6. The van der Waals surface area contributed by atoms with Crippen molar-refractivity contribution in [2.45, 2.75) is 17.7 Å². The molecule has 0 aromatic heterocycles. The number of likely N-dealkylation sites (tertiary alicyclic amines) is 1. The van der Waals surface area contributed by atoms with Gasteiger partial charge in [0.05, 0.1) is 11.5 Å². The van der Waals surface area contributed by atoms with Crippen LogP contribution < -0.4 is 9.47 Å². The Hall–Kier alpha value is -2.83. The van der Waals surface area contributed by atoms with Gasteiger partial charge in [-0.05, 0) is 68.4 Å². The van der Waals surface area contributed by atoms with Crippen LogP contribution in [0.25, 0.3) is 0 Å².